The van der Waals surface area contributed by atoms with Gasteiger partial charge in [-0.2, -0.15) is 0 Å². The maximum absolute atomic E-state index is 12.5. The fraction of sp³-hybridized carbons (Fsp3) is 0.778. The number of ether oxygens (including phenoxy) is 2. The Balaban J connectivity index is 1.55. The second-order valence-electron chi connectivity index (χ2n) is 6.97. The van der Waals surface area contributed by atoms with Gasteiger partial charge in [0.2, 0.25) is 5.91 Å². The molecule has 2 atom stereocenters. The zero-order valence-corrected chi connectivity index (χ0v) is 14.7. The largest absolute Gasteiger partial charge is 0.379 e. The SMILES string of the molecule is Cc1noc(C)c1CO[C@@H]1COCC[C@H]1NC(=O)C1CCCCC1. The zero-order valence-electron chi connectivity index (χ0n) is 14.7. The first-order valence-electron chi connectivity index (χ1n) is 9.06. The van der Waals surface area contributed by atoms with Crippen LogP contribution >= 0.6 is 0 Å². The summed E-state index contributed by atoms with van der Waals surface area (Å²) in [7, 11) is 0. The first-order chi connectivity index (χ1) is 11.6. The van der Waals surface area contributed by atoms with Gasteiger partial charge in [-0.25, -0.2) is 0 Å². The molecule has 0 unspecified atom stereocenters. The Morgan fingerprint density at radius 1 is 1.25 bits per heavy atom. The van der Waals surface area contributed by atoms with E-state index in [-0.39, 0.29) is 24.0 Å². The Morgan fingerprint density at radius 3 is 2.75 bits per heavy atom. The summed E-state index contributed by atoms with van der Waals surface area (Å²) < 4.78 is 16.8. The summed E-state index contributed by atoms with van der Waals surface area (Å²) in [4.78, 5) is 12.5. The van der Waals surface area contributed by atoms with E-state index in [4.69, 9.17) is 14.0 Å². The molecule has 2 fully saturated rings. The van der Waals surface area contributed by atoms with Gasteiger partial charge in [0.15, 0.2) is 0 Å². The standard InChI is InChI=1S/C18H28N2O4/c1-12-15(13(2)24-20-12)10-23-17-11-22-9-8-16(17)19-18(21)14-6-4-3-5-7-14/h14,16-17H,3-11H2,1-2H3,(H,19,21)/t16-,17-/m1/s1. The Morgan fingerprint density at radius 2 is 2.04 bits per heavy atom. The van der Waals surface area contributed by atoms with Crippen molar-refractivity contribution in [2.75, 3.05) is 13.2 Å². The van der Waals surface area contributed by atoms with Crippen LogP contribution in [0.4, 0.5) is 0 Å². The van der Waals surface area contributed by atoms with Gasteiger partial charge in [0.1, 0.15) is 11.9 Å². The molecule has 1 N–H and O–H groups in total. The van der Waals surface area contributed by atoms with Gasteiger partial charge in [-0.3, -0.25) is 4.79 Å². The summed E-state index contributed by atoms with van der Waals surface area (Å²) in [6, 6.07) is 0.0219. The molecular formula is C18H28N2O4. The number of nitrogens with one attached hydrogen (secondary N) is 1. The number of aromatic nitrogens is 1. The van der Waals surface area contributed by atoms with Crippen LogP contribution in [0.5, 0.6) is 0 Å². The normalized spacial score (nSPS) is 25.6. The van der Waals surface area contributed by atoms with Crippen molar-refractivity contribution in [3.63, 3.8) is 0 Å². The predicted octanol–water partition coefficient (Wildman–Crippen LogP) is 2.66. The lowest BCUT2D eigenvalue weighted by molar-refractivity contribution is -0.131. The molecule has 0 aromatic carbocycles. The molecule has 0 radical (unpaired) electrons. The molecule has 1 aliphatic heterocycles. The van der Waals surface area contributed by atoms with Gasteiger partial charge in [0, 0.05) is 18.1 Å². The van der Waals surface area contributed by atoms with Crippen molar-refractivity contribution >= 4 is 5.91 Å². The van der Waals surface area contributed by atoms with Crippen LogP contribution in [-0.2, 0) is 20.9 Å². The highest BCUT2D eigenvalue weighted by molar-refractivity contribution is 5.79. The van der Waals surface area contributed by atoms with Crippen molar-refractivity contribution in [2.24, 2.45) is 5.92 Å². The van der Waals surface area contributed by atoms with E-state index in [1.165, 1.54) is 6.42 Å². The van der Waals surface area contributed by atoms with Crippen LogP contribution in [0.15, 0.2) is 4.52 Å². The Hall–Kier alpha value is -1.40. The summed E-state index contributed by atoms with van der Waals surface area (Å²) in [6.45, 7) is 5.41. The summed E-state index contributed by atoms with van der Waals surface area (Å²) in [6.07, 6.45) is 6.28. The Labute approximate surface area is 143 Å². The molecule has 1 aliphatic carbocycles. The lowest BCUT2D eigenvalue weighted by Crippen LogP contribution is -2.51. The lowest BCUT2D eigenvalue weighted by Gasteiger charge is -2.33. The fourth-order valence-corrected chi connectivity index (χ4v) is 3.60. The number of hydrogen-bond donors (Lipinski definition) is 1. The molecule has 1 saturated carbocycles. The van der Waals surface area contributed by atoms with Crippen LogP contribution < -0.4 is 5.32 Å². The molecule has 1 aromatic rings. The quantitative estimate of drug-likeness (QED) is 0.895. The minimum absolute atomic E-state index is 0.0219. The van der Waals surface area contributed by atoms with E-state index in [1.54, 1.807) is 0 Å². The topological polar surface area (TPSA) is 73.6 Å². The Kier molecular flexibility index (Phi) is 5.89. The van der Waals surface area contributed by atoms with Crippen LogP contribution in [0, 0.1) is 19.8 Å². The van der Waals surface area contributed by atoms with Crippen molar-refractivity contribution in [3.05, 3.63) is 17.0 Å². The van der Waals surface area contributed by atoms with E-state index in [0.29, 0.717) is 19.8 Å². The number of aryl methyl sites for hydroxylation is 2. The first kappa shape index (κ1) is 17.4. The maximum Gasteiger partial charge on any atom is 0.223 e. The van der Waals surface area contributed by atoms with Crippen molar-refractivity contribution in [2.45, 2.75) is 71.1 Å². The number of carbonyl (C=O) groups is 1. The average Bonchev–Trinajstić information content (AvgIpc) is 2.93. The molecule has 6 nitrogen and oxygen atoms in total. The lowest BCUT2D eigenvalue weighted by atomic mass is 9.88. The smallest absolute Gasteiger partial charge is 0.223 e. The average molecular weight is 336 g/mol. The fourth-order valence-electron chi connectivity index (χ4n) is 3.60. The third kappa shape index (κ3) is 4.16. The predicted molar refractivity (Wildman–Crippen MR) is 88.5 cm³/mol. The number of hydrogen-bond acceptors (Lipinski definition) is 5. The van der Waals surface area contributed by atoms with Gasteiger partial charge in [-0.15, -0.1) is 0 Å². The van der Waals surface area contributed by atoms with Gasteiger partial charge in [-0.05, 0) is 33.1 Å². The molecule has 0 spiro atoms. The molecule has 1 saturated heterocycles. The molecule has 24 heavy (non-hydrogen) atoms. The van der Waals surface area contributed by atoms with Crippen LogP contribution in [0.3, 0.4) is 0 Å². The zero-order chi connectivity index (χ0) is 16.9. The van der Waals surface area contributed by atoms with Crippen molar-refractivity contribution in [1.82, 2.24) is 10.5 Å². The highest BCUT2D eigenvalue weighted by atomic mass is 16.5. The van der Waals surface area contributed by atoms with Gasteiger partial charge in [0.05, 0.1) is 24.9 Å². The summed E-state index contributed by atoms with van der Waals surface area (Å²) >= 11 is 0. The minimum Gasteiger partial charge on any atom is -0.379 e. The van der Waals surface area contributed by atoms with Crippen LogP contribution in [0.2, 0.25) is 0 Å². The molecule has 134 valence electrons. The van der Waals surface area contributed by atoms with E-state index >= 15 is 0 Å². The molecule has 6 heteroatoms. The summed E-state index contributed by atoms with van der Waals surface area (Å²) in [5, 5.41) is 7.17. The van der Waals surface area contributed by atoms with Gasteiger partial charge >= 0.3 is 0 Å². The maximum atomic E-state index is 12.5. The van der Waals surface area contributed by atoms with Crippen molar-refractivity contribution < 1.29 is 18.8 Å². The Bertz CT molecular complexity index is 532. The molecule has 0 bridgehead atoms. The third-order valence-electron chi connectivity index (χ3n) is 5.23. The summed E-state index contributed by atoms with van der Waals surface area (Å²) in [5.41, 5.74) is 1.84. The van der Waals surface area contributed by atoms with Crippen LogP contribution in [0.1, 0.15) is 55.5 Å². The van der Waals surface area contributed by atoms with Gasteiger partial charge in [-0.1, -0.05) is 24.4 Å². The van der Waals surface area contributed by atoms with E-state index in [1.807, 2.05) is 13.8 Å². The van der Waals surface area contributed by atoms with E-state index in [0.717, 1.165) is 49.1 Å². The third-order valence-corrected chi connectivity index (χ3v) is 5.23. The number of carbonyl (C=O) groups excluding carboxylic acids is 1. The second-order valence-corrected chi connectivity index (χ2v) is 6.97. The van der Waals surface area contributed by atoms with Gasteiger partial charge in [0.25, 0.3) is 0 Å². The monoisotopic (exact) mass is 336 g/mol. The van der Waals surface area contributed by atoms with E-state index in [2.05, 4.69) is 10.5 Å². The second kappa shape index (κ2) is 8.12. The van der Waals surface area contributed by atoms with Crippen molar-refractivity contribution in [3.8, 4) is 0 Å². The number of rotatable bonds is 5. The van der Waals surface area contributed by atoms with Crippen molar-refractivity contribution in [1.29, 1.82) is 0 Å². The van der Waals surface area contributed by atoms with Crippen LogP contribution in [-0.4, -0.2) is 36.4 Å². The molecular weight excluding hydrogens is 308 g/mol. The van der Waals surface area contributed by atoms with Crippen LogP contribution in [0.25, 0.3) is 0 Å². The van der Waals surface area contributed by atoms with E-state index in [9.17, 15) is 4.79 Å². The molecule has 2 aliphatic rings. The summed E-state index contributed by atoms with van der Waals surface area (Å²) in [5.74, 6) is 1.14. The molecule has 1 aromatic heterocycles. The highest BCUT2D eigenvalue weighted by Gasteiger charge is 2.31. The molecule has 1 amide bonds. The highest BCUT2D eigenvalue weighted by Crippen LogP contribution is 2.25. The minimum atomic E-state index is -0.125. The number of nitrogens with zero attached hydrogens (tertiary/aromatic N) is 1. The van der Waals surface area contributed by atoms with Gasteiger partial charge < -0.3 is 19.3 Å². The number of amides is 1. The molecule has 3 rings (SSSR count). The molecule has 2 heterocycles. The van der Waals surface area contributed by atoms with E-state index < -0.39 is 0 Å². The first-order valence-corrected chi connectivity index (χ1v) is 9.06.